The second kappa shape index (κ2) is 6.68. The first-order valence-electron chi connectivity index (χ1n) is 6.84. The van der Waals surface area contributed by atoms with Crippen LogP contribution in [0.5, 0.6) is 0 Å². The molecule has 114 valence electrons. The molecule has 1 N–H and O–H groups in total. The monoisotopic (exact) mass is 301 g/mol. The van der Waals surface area contributed by atoms with Gasteiger partial charge in [-0.25, -0.2) is 17.5 Å². The SMILES string of the molecule is C[C@@H](NS(=O)(=O)CCCC(C)(C)C)c1cccc(F)c1. The van der Waals surface area contributed by atoms with Gasteiger partial charge in [-0.05, 0) is 42.9 Å². The first-order chi connectivity index (χ1) is 9.09. The van der Waals surface area contributed by atoms with Crippen molar-refractivity contribution in [1.29, 1.82) is 0 Å². The minimum atomic E-state index is -3.34. The van der Waals surface area contributed by atoms with Crippen molar-refractivity contribution in [2.75, 3.05) is 5.75 Å². The van der Waals surface area contributed by atoms with Crippen molar-refractivity contribution < 1.29 is 12.8 Å². The van der Waals surface area contributed by atoms with Gasteiger partial charge in [-0.15, -0.1) is 0 Å². The lowest BCUT2D eigenvalue weighted by molar-refractivity contribution is 0.373. The molecule has 0 amide bonds. The smallest absolute Gasteiger partial charge is 0.212 e. The molecule has 0 saturated carbocycles. The highest BCUT2D eigenvalue weighted by molar-refractivity contribution is 7.89. The number of sulfonamides is 1. The molecule has 1 aromatic rings. The summed E-state index contributed by atoms with van der Waals surface area (Å²) in [5.41, 5.74) is 0.758. The highest BCUT2D eigenvalue weighted by Crippen LogP contribution is 2.21. The van der Waals surface area contributed by atoms with Crippen molar-refractivity contribution >= 4 is 10.0 Å². The maximum atomic E-state index is 13.1. The standard InChI is InChI=1S/C15H24FNO2S/c1-12(13-7-5-8-14(16)11-13)17-20(18,19)10-6-9-15(2,3)4/h5,7-8,11-12,17H,6,9-10H2,1-4H3/t12-/m1/s1. The van der Waals surface area contributed by atoms with Gasteiger partial charge < -0.3 is 0 Å². The Kier molecular flexibility index (Phi) is 5.71. The Morgan fingerprint density at radius 3 is 2.50 bits per heavy atom. The summed E-state index contributed by atoms with van der Waals surface area (Å²) in [6, 6.07) is 5.56. The predicted octanol–water partition coefficient (Wildman–Crippen LogP) is 3.63. The van der Waals surface area contributed by atoms with Gasteiger partial charge in [0.2, 0.25) is 10.0 Å². The Morgan fingerprint density at radius 2 is 1.95 bits per heavy atom. The second-order valence-corrected chi connectivity index (χ2v) is 8.25. The van der Waals surface area contributed by atoms with Crippen LogP contribution in [0.25, 0.3) is 0 Å². The predicted molar refractivity (Wildman–Crippen MR) is 80.4 cm³/mol. The lowest BCUT2D eigenvalue weighted by Crippen LogP contribution is -2.29. The van der Waals surface area contributed by atoms with E-state index in [1.807, 2.05) is 0 Å². The Bertz CT molecular complexity index is 535. The van der Waals surface area contributed by atoms with Crippen LogP contribution in [-0.2, 0) is 10.0 Å². The fourth-order valence-corrected chi connectivity index (χ4v) is 3.28. The summed E-state index contributed by atoms with van der Waals surface area (Å²) in [6.07, 6.45) is 1.47. The third-order valence-electron chi connectivity index (χ3n) is 3.04. The van der Waals surface area contributed by atoms with Gasteiger partial charge in [0.05, 0.1) is 5.75 Å². The fraction of sp³-hybridized carbons (Fsp3) is 0.600. The summed E-state index contributed by atoms with van der Waals surface area (Å²) < 4.78 is 39.7. The van der Waals surface area contributed by atoms with E-state index in [2.05, 4.69) is 25.5 Å². The van der Waals surface area contributed by atoms with Gasteiger partial charge in [0.15, 0.2) is 0 Å². The minimum absolute atomic E-state index is 0.101. The van der Waals surface area contributed by atoms with Crippen LogP contribution in [0, 0.1) is 11.2 Å². The van der Waals surface area contributed by atoms with E-state index in [4.69, 9.17) is 0 Å². The van der Waals surface area contributed by atoms with Crippen molar-refractivity contribution in [3.8, 4) is 0 Å². The summed E-state index contributed by atoms with van der Waals surface area (Å²) in [5, 5.41) is 0. The molecule has 1 atom stereocenters. The van der Waals surface area contributed by atoms with E-state index in [9.17, 15) is 12.8 Å². The van der Waals surface area contributed by atoms with E-state index in [0.29, 0.717) is 12.0 Å². The van der Waals surface area contributed by atoms with Gasteiger partial charge in [0.25, 0.3) is 0 Å². The molecule has 0 aromatic heterocycles. The molecular formula is C15H24FNO2S. The quantitative estimate of drug-likeness (QED) is 0.872. The average Bonchev–Trinajstić information content (AvgIpc) is 2.26. The van der Waals surface area contributed by atoms with E-state index in [-0.39, 0.29) is 17.0 Å². The van der Waals surface area contributed by atoms with Crippen molar-refractivity contribution in [3.05, 3.63) is 35.6 Å². The third-order valence-corrected chi connectivity index (χ3v) is 4.58. The molecule has 3 nitrogen and oxygen atoms in total. The maximum absolute atomic E-state index is 13.1. The largest absolute Gasteiger partial charge is 0.212 e. The van der Waals surface area contributed by atoms with E-state index in [0.717, 1.165) is 6.42 Å². The first-order valence-corrected chi connectivity index (χ1v) is 8.50. The van der Waals surface area contributed by atoms with Crippen LogP contribution in [0.4, 0.5) is 4.39 Å². The molecule has 5 heteroatoms. The Hall–Kier alpha value is -0.940. The maximum Gasteiger partial charge on any atom is 0.212 e. The third kappa shape index (κ3) is 6.48. The highest BCUT2D eigenvalue weighted by atomic mass is 32.2. The zero-order valence-corrected chi connectivity index (χ0v) is 13.4. The molecular weight excluding hydrogens is 277 g/mol. The summed E-state index contributed by atoms with van der Waals surface area (Å²) in [4.78, 5) is 0. The summed E-state index contributed by atoms with van der Waals surface area (Å²) >= 11 is 0. The van der Waals surface area contributed by atoms with Gasteiger partial charge in [-0.2, -0.15) is 0 Å². The van der Waals surface area contributed by atoms with Crippen LogP contribution in [0.1, 0.15) is 52.1 Å². The summed E-state index contributed by atoms with van der Waals surface area (Å²) in [6.45, 7) is 7.98. The van der Waals surface area contributed by atoms with E-state index in [1.165, 1.54) is 12.1 Å². The van der Waals surface area contributed by atoms with Crippen LogP contribution in [-0.4, -0.2) is 14.2 Å². The molecule has 0 aliphatic heterocycles. The number of benzene rings is 1. The van der Waals surface area contributed by atoms with Gasteiger partial charge in [0.1, 0.15) is 5.82 Å². The zero-order chi connectivity index (χ0) is 15.4. The van der Waals surface area contributed by atoms with Gasteiger partial charge in [0, 0.05) is 6.04 Å². The molecule has 0 unspecified atom stereocenters. The van der Waals surface area contributed by atoms with Gasteiger partial charge in [-0.1, -0.05) is 32.9 Å². The van der Waals surface area contributed by atoms with Gasteiger partial charge in [-0.3, -0.25) is 0 Å². The fourth-order valence-electron chi connectivity index (χ4n) is 1.96. The van der Waals surface area contributed by atoms with E-state index >= 15 is 0 Å². The van der Waals surface area contributed by atoms with Crippen LogP contribution < -0.4 is 4.72 Å². The molecule has 0 saturated heterocycles. The van der Waals surface area contributed by atoms with Crippen LogP contribution >= 0.6 is 0 Å². The number of nitrogens with one attached hydrogen (secondary N) is 1. The molecule has 0 aliphatic carbocycles. The van der Waals surface area contributed by atoms with E-state index < -0.39 is 16.1 Å². The highest BCUT2D eigenvalue weighted by Gasteiger charge is 2.18. The Morgan fingerprint density at radius 1 is 1.30 bits per heavy atom. The van der Waals surface area contributed by atoms with E-state index in [1.54, 1.807) is 19.1 Å². The van der Waals surface area contributed by atoms with Crippen molar-refractivity contribution in [1.82, 2.24) is 4.72 Å². The molecule has 0 spiro atoms. The Balaban J connectivity index is 2.58. The second-order valence-electron chi connectivity index (χ2n) is 6.38. The lowest BCUT2D eigenvalue weighted by atomic mass is 9.91. The molecule has 0 aliphatic rings. The molecule has 0 radical (unpaired) electrons. The molecule has 20 heavy (non-hydrogen) atoms. The molecule has 1 aromatic carbocycles. The molecule has 0 fully saturated rings. The first kappa shape index (κ1) is 17.1. The number of halogens is 1. The summed E-state index contributed by atoms with van der Waals surface area (Å²) in [5.74, 6) is -0.259. The molecule has 0 bridgehead atoms. The van der Waals surface area contributed by atoms with Crippen LogP contribution in [0.15, 0.2) is 24.3 Å². The van der Waals surface area contributed by atoms with Gasteiger partial charge >= 0.3 is 0 Å². The van der Waals surface area contributed by atoms with Crippen molar-refractivity contribution in [2.45, 2.75) is 46.6 Å². The lowest BCUT2D eigenvalue weighted by Gasteiger charge is -2.19. The minimum Gasteiger partial charge on any atom is -0.212 e. The molecule has 1 rings (SSSR count). The van der Waals surface area contributed by atoms with Crippen LogP contribution in [0.3, 0.4) is 0 Å². The zero-order valence-electron chi connectivity index (χ0n) is 12.6. The summed E-state index contributed by atoms with van der Waals surface area (Å²) in [7, 11) is -3.34. The number of hydrogen-bond acceptors (Lipinski definition) is 2. The topological polar surface area (TPSA) is 46.2 Å². The normalized spacial score (nSPS) is 14.2. The average molecular weight is 301 g/mol. The van der Waals surface area contributed by atoms with Crippen molar-refractivity contribution in [3.63, 3.8) is 0 Å². The number of rotatable bonds is 6. The molecule has 0 heterocycles. The Labute approximate surface area is 121 Å². The number of hydrogen-bond donors (Lipinski definition) is 1. The van der Waals surface area contributed by atoms with Crippen LogP contribution in [0.2, 0.25) is 0 Å². The van der Waals surface area contributed by atoms with Crippen molar-refractivity contribution in [2.24, 2.45) is 5.41 Å².